The van der Waals surface area contributed by atoms with Gasteiger partial charge in [0.2, 0.25) is 5.91 Å². The summed E-state index contributed by atoms with van der Waals surface area (Å²) in [5, 5.41) is 6.53. The van der Waals surface area contributed by atoms with Gasteiger partial charge in [-0.25, -0.2) is 8.42 Å². The maximum absolute atomic E-state index is 13.0. The van der Waals surface area contributed by atoms with Gasteiger partial charge in [-0.3, -0.25) is 4.79 Å². The van der Waals surface area contributed by atoms with E-state index in [-0.39, 0.29) is 23.6 Å². The molecular formula is C33H58N2O3S. The molecule has 3 atom stereocenters. The van der Waals surface area contributed by atoms with Crippen molar-refractivity contribution in [3.8, 4) is 0 Å². The SMILES string of the molecule is C=CCCC[C@H](CC(CC)CCC)NC(=O)CCNC(=C)[C@H](Cc1ccccc1)CS(=O)(=O)C(C)(C)C.CC. The van der Waals surface area contributed by atoms with Crippen molar-refractivity contribution in [3.63, 3.8) is 0 Å². The Morgan fingerprint density at radius 1 is 1.08 bits per heavy atom. The smallest absolute Gasteiger partial charge is 0.221 e. The molecule has 0 saturated heterocycles. The van der Waals surface area contributed by atoms with Crippen LogP contribution in [0.1, 0.15) is 105 Å². The van der Waals surface area contributed by atoms with Gasteiger partial charge in [-0.15, -0.1) is 6.58 Å². The molecule has 0 aromatic heterocycles. The maximum Gasteiger partial charge on any atom is 0.221 e. The lowest BCUT2D eigenvalue weighted by molar-refractivity contribution is -0.121. The number of hydrogen-bond acceptors (Lipinski definition) is 4. The minimum atomic E-state index is -3.34. The highest BCUT2D eigenvalue weighted by Gasteiger charge is 2.32. The zero-order valence-electron chi connectivity index (χ0n) is 26.0. The van der Waals surface area contributed by atoms with Crippen LogP contribution in [-0.2, 0) is 21.1 Å². The minimum Gasteiger partial charge on any atom is -0.388 e. The Kier molecular flexibility index (Phi) is 18.8. The average Bonchev–Trinajstić information content (AvgIpc) is 2.89. The topological polar surface area (TPSA) is 75.3 Å². The van der Waals surface area contributed by atoms with Crippen molar-refractivity contribution in [1.29, 1.82) is 0 Å². The minimum absolute atomic E-state index is 0.0185. The number of benzene rings is 1. The highest BCUT2D eigenvalue weighted by atomic mass is 32.2. The van der Waals surface area contributed by atoms with Gasteiger partial charge in [0.15, 0.2) is 9.84 Å². The number of carbonyl (C=O) groups excluding carboxylic acids is 1. The van der Waals surface area contributed by atoms with Crippen LogP contribution in [0.2, 0.25) is 0 Å². The largest absolute Gasteiger partial charge is 0.388 e. The molecule has 1 rings (SSSR count). The fourth-order valence-corrected chi connectivity index (χ4v) is 5.88. The van der Waals surface area contributed by atoms with Gasteiger partial charge in [0, 0.05) is 30.6 Å². The third-order valence-electron chi connectivity index (χ3n) is 7.09. The van der Waals surface area contributed by atoms with Gasteiger partial charge >= 0.3 is 0 Å². The van der Waals surface area contributed by atoms with Crippen molar-refractivity contribution in [1.82, 2.24) is 10.6 Å². The van der Waals surface area contributed by atoms with Crippen LogP contribution < -0.4 is 10.6 Å². The van der Waals surface area contributed by atoms with Gasteiger partial charge in [-0.1, -0.05) is 89.9 Å². The highest BCUT2D eigenvalue weighted by molar-refractivity contribution is 7.92. The van der Waals surface area contributed by atoms with Crippen LogP contribution in [0.15, 0.2) is 55.3 Å². The first-order valence-corrected chi connectivity index (χ1v) is 16.7. The van der Waals surface area contributed by atoms with Crippen LogP contribution in [0.5, 0.6) is 0 Å². The van der Waals surface area contributed by atoms with Crippen molar-refractivity contribution >= 4 is 15.7 Å². The highest BCUT2D eigenvalue weighted by Crippen LogP contribution is 2.24. The first kappa shape index (κ1) is 36.9. The summed E-state index contributed by atoms with van der Waals surface area (Å²) in [5.41, 5.74) is 1.73. The Labute approximate surface area is 241 Å². The van der Waals surface area contributed by atoms with E-state index in [1.54, 1.807) is 20.8 Å². The average molecular weight is 563 g/mol. The van der Waals surface area contributed by atoms with Crippen molar-refractivity contribution in [2.45, 2.75) is 117 Å². The quantitative estimate of drug-likeness (QED) is 0.134. The van der Waals surface area contributed by atoms with Gasteiger partial charge in [0.1, 0.15) is 0 Å². The zero-order valence-corrected chi connectivity index (χ0v) is 26.8. The number of unbranched alkanes of at least 4 members (excludes halogenated alkanes) is 1. The second-order valence-corrected chi connectivity index (χ2v) is 14.1. The molecule has 0 bridgehead atoms. The van der Waals surface area contributed by atoms with Crippen molar-refractivity contribution in [3.05, 3.63) is 60.8 Å². The molecule has 6 heteroatoms. The summed E-state index contributed by atoms with van der Waals surface area (Å²) in [7, 11) is -3.34. The Bertz CT molecular complexity index is 920. The molecule has 1 aromatic carbocycles. The number of amides is 1. The van der Waals surface area contributed by atoms with Crippen LogP contribution >= 0.6 is 0 Å². The molecule has 0 aliphatic heterocycles. The van der Waals surface area contributed by atoms with Gasteiger partial charge in [-0.2, -0.15) is 0 Å². The third-order valence-corrected chi connectivity index (χ3v) is 9.80. The first-order chi connectivity index (χ1) is 18.4. The monoisotopic (exact) mass is 562 g/mol. The van der Waals surface area contributed by atoms with Crippen molar-refractivity contribution in [2.24, 2.45) is 11.8 Å². The molecule has 1 amide bonds. The number of carbonyl (C=O) groups is 1. The predicted octanol–water partition coefficient (Wildman–Crippen LogP) is 7.64. The molecule has 0 spiro atoms. The summed E-state index contributed by atoms with van der Waals surface area (Å²) >= 11 is 0. The summed E-state index contributed by atoms with van der Waals surface area (Å²) in [6.07, 6.45) is 10.3. The Hall–Kier alpha value is -2.08. The molecule has 39 heavy (non-hydrogen) atoms. The van der Waals surface area contributed by atoms with Gasteiger partial charge in [0.05, 0.1) is 10.5 Å². The van der Waals surface area contributed by atoms with E-state index in [0.717, 1.165) is 44.1 Å². The summed E-state index contributed by atoms with van der Waals surface area (Å²) < 4.78 is 25.1. The van der Waals surface area contributed by atoms with Crippen molar-refractivity contribution < 1.29 is 13.2 Å². The van der Waals surface area contributed by atoms with E-state index in [0.29, 0.717) is 31.0 Å². The molecule has 1 aromatic rings. The van der Waals surface area contributed by atoms with Gasteiger partial charge < -0.3 is 10.6 Å². The Morgan fingerprint density at radius 2 is 1.72 bits per heavy atom. The number of allylic oxidation sites excluding steroid dienone is 2. The lowest BCUT2D eigenvalue weighted by atomic mass is 9.90. The fourth-order valence-electron chi connectivity index (χ4n) is 4.53. The van der Waals surface area contributed by atoms with Crippen LogP contribution in [0, 0.1) is 11.8 Å². The van der Waals surface area contributed by atoms with Crippen molar-refractivity contribution in [2.75, 3.05) is 12.3 Å². The second-order valence-electron chi connectivity index (χ2n) is 11.3. The second kappa shape index (κ2) is 19.9. The third kappa shape index (κ3) is 15.3. The normalized spacial score (nSPS) is 13.8. The zero-order chi connectivity index (χ0) is 29.9. The lowest BCUT2D eigenvalue weighted by Gasteiger charge is -2.26. The van der Waals surface area contributed by atoms with Crippen LogP contribution in [0.25, 0.3) is 0 Å². The number of hydrogen-bond donors (Lipinski definition) is 2. The van der Waals surface area contributed by atoms with Gasteiger partial charge in [-0.05, 0) is 64.4 Å². The Morgan fingerprint density at radius 3 is 2.26 bits per heavy atom. The Balaban J connectivity index is 0.00000704. The summed E-state index contributed by atoms with van der Waals surface area (Å²) in [4.78, 5) is 12.8. The van der Waals surface area contributed by atoms with E-state index >= 15 is 0 Å². The number of sulfone groups is 1. The molecule has 0 radical (unpaired) electrons. The standard InChI is InChI=1S/C31H52N2O3S.C2H6/c1-8-11-13-19-29(23-26(10-3)16-9-2)33-30(34)20-21-32-25(4)28(22-27-17-14-12-15-18-27)24-37(35,36)31(5,6)7;1-2/h8,12,14-15,17-18,26,28-29,32H,1,4,9-11,13,16,19-24H2,2-3,5-7H3,(H,33,34);1-2H3/t26?,28-,29-;/m1./s1. The molecule has 0 saturated carbocycles. The van der Waals surface area contributed by atoms with Crippen LogP contribution in [0.4, 0.5) is 0 Å². The molecule has 224 valence electrons. The van der Waals surface area contributed by atoms with E-state index in [1.807, 2.05) is 50.3 Å². The fraction of sp³-hybridized carbons (Fsp3) is 0.667. The molecule has 5 nitrogen and oxygen atoms in total. The number of nitrogens with one attached hydrogen (secondary N) is 2. The molecule has 0 fully saturated rings. The maximum atomic E-state index is 13.0. The summed E-state index contributed by atoms with van der Waals surface area (Å²) in [6, 6.07) is 10.1. The van der Waals surface area contributed by atoms with E-state index in [4.69, 9.17) is 0 Å². The predicted molar refractivity (Wildman–Crippen MR) is 170 cm³/mol. The molecule has 2 N–H and O–H groups in total. The molecule has 0 aliphatic rings. The van der Waals surface area contributed by atoms with E-state index in [2.05, 4.69) is 37.6 Å². The molecule has 0 heterocycles. The van der Waals surface area contributed by atoms with Gasteiger partial charge in [0.25, 0.3) is 0 Å². The lowest BCUT2D eigenvalue weighted by Crippen LogP contribution is -2.39. The van der Waals surface area contributed by atoms with Crippen LogP contribution in [0.3, 0.4) is 0 Å². The number of rotatable bonds is 19. The summed E-state index contributed by atoms with van der Waals surface area (Å²) in [5.74, 6) is 0.392. The molecular weight excluding hydrogens is 504 g/mol. The van der Waals surface area contributed by atoms with E-state index in [1.165, 1.54) is 6.42 Å². The van der Waals surface area contributed by atoms with E-state index < -0.39 is 14.6 Å². The molecule has 0 aliphatic carbocycles. The molecule has 1 unspecified atom stereocenters. The summed E-state index contributed by atoms with van der Waals surface area (Å²) in [6.45, 7) is 22.1. The van der Waals surface area contributed by atoms with E-state index in [9.17, 15) is 13.2 Å². The van der Waals surface area contributed by atoms with Crippen LogP contribution in [-0.4, -0.2) is 37.4 Å². The first-order valence-electron chi connectivity index (χ1n) is 15.0.